The van der Waals surface area contributed by atoms with Crippen LogP contribution in [-0.4, -0.2) is 6.10 Å². The van der Waals surface area contributed by atoms with Crippen molar-refractivity contribution in [2.45, 2.75) is 44.6 Å². The zero-order chi connectivity index (χ0) is 13.1. The minimum atomic E-state index is 0.336. The molecule has 100 valence electrons. The van der Waals surface area contributed by atoms with Gasteiger partial charge in [-0.15, -0.1) is 11.6 Å². The SMILES string of the molecule is CC1CCCC(Oc2c(Br)cc(CCl)cc2Br)C1. The molecule has 0 saturated heterocycles. The Morgan fingerprint density at radius 2 is 1.94 bits per heavy atom. The fourth-order valence-electron chi connectivity index (χ4n) is 2.45. The molecule has 2 unspecified atom stereocenters. The predicted octanol–water partition coefficient (Wildman–Crippen LogP) is 5.91. The van der Waals surface area contributed by atoms with Crippen LogP contribution < -0.4 is 4.74 Å². The molecule has 0 spiro atoms. The molecule has 0 amide bonds. The van der Waals surface area contributed by atoms with Crippen molar-refractivity contribution in [3.63, 3.8) is 0 Å². The molecule has 0 N–H and O–H groups in total. The smallest absolute Gasteiger partial charge is 0.148 e. The van der Waals surface area contributed by atoms with Crippen LogP contribution in [0.5, 0.6) is 5.75 Å². The van der Waals surface area contributed by atoms with Crippen LogP contribution in [0, 0.1) is 5.92 Å². The number of benzene rings is 1. The molecule has 1 fully saturated rings. The summed E-state index contributed by atoms with van der Waals surface area (Å²) >= 11 is 13.0. The molecule has 2 atom stereocenters. The second-order valence-corrected chi connectivity index (χ2v) is 7.01. The summed E-state index contributed by atoms with van der Waals surface area (Å²) in [5, 5.41) is 0. The highest BCUT2D eigenvalue weighted by atomic mass is 79.9. The molecule has 0 aromatic heterocycles. The van der Waals surface area contributed by atoms with Crippen LogP contribution >= 0.6 is 43.5 Å². The molecule has 1 aromatic rings. The van der Waals surface area contributed by atoms with Crippen LogP contribution in [0.15, 0.2) is 21.1 Å². The van der Waals surface area contributed by atoms with E-state index in [1.165, 1.54) is 12.8 Å². The molecule has 1 aliphatic carbocycles. The van der Waals surface area contributed by atoms with Crippen molar-refractivity contribution in [2.75, 3.05) is 0 Å². The van der Waals surface area contributed by atoms with E-state index in [1.807, 2.05) is 12.1 Å². The molecule has 0 aliphatic heterocycles. The van der Waals surface area contributed by atoms with Crippen LogP contribution in [0.25, 0.3) is 0 Å². The molecule has 1 aliphatic rings. The van der Waals surface area contributed by atoms with Crippen LogP contribution in [0.2, 0.25) is 0 Å². The molecule has 1 saturated carbocycles. The highest BCUT2D eigenvalue weighted by molar-refractivity contribution is 9.11. The summed E-state index contributed by atoms with van der Waals surface area (Å²) in [6.07, 6.45) is 5.23. The molecule has 2 rings (SSSR count). The Hall–Kier alpha value is 0.270. The van der Waals surface area contributed by atoms with Crippen LogP contribution in [-0.2, 0) is 5.88 Å². The maximum Gasteiger partial charge on any atom is 0.148 e. The zero-order valence-corrected chi connectivity index (χ0v) is 14.3. The van der Waals surface area contributed by atoms with Gasteiger partial charge in [0.05, 0.1) is 15.0 Å². The highest BCUT2D eigenvalue weighted by Crippen LogP contribution is 2.38. The summed E-state index contributed by atoms with van der Waals surface area (Å²) in [6.45, 7) is 2.30. The lowest BCUT2D eigenvalue weighted by Crippen LogP contribution is -2.24. The number of halogens is 3. The first-order valence-corrected chi connectivity index (χ1v) is 8.42. The third kappa shape index (κ3) is 3.64. The standard InChI is InChI=1S/C14H17Br2ClO/c1-9-3-2-4-11(5-9)18-14-12(15)6-10(8-17)7-13(14)16/h6-7,9,11H,2-5,8H2,1H3. The van der Waals surface area contributed by atoms with Crippen molar-refractivity contribution < 1.29 is 4.74 Å². The third-order valence-corrected chi connectivity index (χ3v) is 4.87. The molecule has 0 radical (unpaired) electrons. The van der Waals surface area contributed by atoms with Crippen molar-refractivity contribution in [3.8, 4) is 5.75 Å². The molecule has 1 aromatic carbocycles. The average molecular weight is 397 g/mol. The second-order valence-electron chi connectivity index (χ2n) is 5.03. The topological polar surface area (TPSA) is 9.23 Å². The lowest BCUT2D eigenvalue weighted by molar-refractivity contribution is 0.127. The summed E-state index contributed by atoms with van der Waals surface area (Å²) < 4.78 is 8.11. The largest absolute Gasteiger partial charge is 0.488 e. The first-order chi connectivity index (χ1) is 8.60. The lowest BCUT2D eigenvalue weighted by Gasteiger charge is -2.28. The predicted molar refractivity (Wildman–Crippen MR) is 83.4 cm³/mol. The fraction of sp³-hybridized carbons (Fsp3) is 0.571. The van der Waals surface area contributed by atoms with Crippen molar-refractivity contribution in [3.05, 3.63) is 26.6 Å². The van der Waals surface area contributed by atoms with Gasteiger partial charge in [-0.25, -0.2) is 0 Å². The molecule has 4 heteroatoms. The van der Waals surface area contributed by atoms with Crippen LogP contribution in [0.1, 0.15) is 38.2 Å². The summed E-state index contributed by atoms with van der Waals surface area (Å²) in [5.41, 5.74) is 1.08. The number of alkyl halides is 1. The Labute approximate surface area is 130 Å². The highest BCUT2D eigenvalue weighted by Gasteiger charge is 2.22. The van der Waals surface area contributed by atoms with Gasteiger partial charge in [-0.05, 0) is 74.7 Å². The van der Waals surface area contributed by atoms with Gasteiger partial charge < -0.3 is 4.74 Å². The number of hydrogen-bond acceptors (Lipinski definition) is 1. The molecule has 18 heavy (non-hydrogen) atoms. The number of hydrogen-bond donors (Lipinski definition) is 0. The number of rotatable bonds is 3. The second kappa shape index (κ2) is 6.62. The molecular formula is C14H17Br2ClO. The first kappa shape index (κ1) is 14.7. The Kier molecular flexibility index (Phi) is 5.40. The zero-order valence-electron chi connectivity index (χ0n) is 10.4. The first-order valence-electron chi connectivity index (χ1n) is 6.30. The molecule has 0 bridgehead atoms. The van der Waals surface area contributed by atoms with Crippen LogP contribution in [0.4, 0.5) is 0 Å². The average Bonchev–Trinajstić information content (AvgIpc) is 2.33. The van der Waals surface area contributed by atoms with E-state index in [0.29, 0.717) is 12.0 Å². The molecule has 0 heterocycles. The van der Waals surface area contributed by atoms with E-state index in [-0.39, 0.29) is 0 Å². The Morgan fingerprint density at radius 1 is 1.28 bits per heavy atom. The Bertz CT molecular complexity index is 399. The van der Waals surface area contributed by atoms with Gasteiger partial charge in [0.2, 0.25) is 0 Å². The van der Waals surface area contributed by atoms with Gasteiger partial charge >= 0.3 is 0 Å². The van der Waals surface area contributed by atoms with Gasteiger partial charge in [0.25, 0.3) is 0 Å². The normalized spacial score (nSPS) is 24.0. The molecular weight excluding hydrogens is 379 g/mol. The minimum absolute atomic E-state index is 0.336. The summed E-state index contributed by atoms with van der Waals surface area (Å²) in [6, 6.07) is 4.05. The van der Waals surface area contributed by atoms with E-state index in [9.17, 15) is 0 Å². The quantitative estimate of drug-likeness (QED) is 0.577. The summed E-state index contributed by atoms with van der Waals surface area (Å²) in [5.74, 6) is 2.18. The third-order valence-electron chi connectivity index (χ3n) is 3.39. The van der Waals surface area contributed by atoms with E-state index in [4.69, 9.17) is 16.3 Å². The van der Waals surface area contributed by atoms with Gasteiger partial charge in [0.1, 0.15) is 5.75 Å². The van der Waals surface area contributed by atoms with Gasteiger partial charge in [-0.3, -0.25) is 0 Å². The lowest BCUT2D eigenvalue weighted by atomic mass is 9.89. The molecule has 1 nitrogen and oxygen atoms in total. The van der Waals surface area contributed by atoms with Gasteiger partial charge in [0.15, 0.2) is 0 Å². The van der Waals surface area contributed by atoms with E-state index >= 15 is 0 Å². The van der Waals surface area contributed by atoms with E-state index in [1.54, 1.807) is 0 Å². The summed E-state index contributed by atoms with van der Waals surface area (Å²) in [7, 11) is 0. The van der Waals surface area contributed by atoms with Gasteiger partial charge in [-0.2, -0.15) is 0 Å². The van der Waals surface area contributed by atoms with Crippen molar-refractivity contribution >= 4 is 43.5 Å². The Morgan fingerprint density at radius 3 is 2.50 bits per heavy atom. The maximum absolute atomic E-state index is 6.15. The van der Waals surface area contributed by atoms with Crippen LogP contribution in [0.3, 0.4) is 0 Å². The van der Waals surface area contributed by atoms with Crippen molar-refractivity contribution in [2.24, 2.45) is 5.92 Å². The van der Waals surface area contributed by atoms with Gasteiger partial charge in [-0.1, -0.05) is 13.3 Å². The monoisotopic (exact) mass is 394 g/mol. The maximum atomic E-state index is 6.15. The minimum Gasteiger partial charge on any atom is -0.488 e. The van der Waals surface area contributed by atoms with E-state index in [2.05, 4.69) is 38.8 Å². The Balaban J connectivity index is 2.13. The number of ether oxygens (including phenoxy) is 1. The van der Waals surface area contributed by atoms with Crippen molar-refractivity contribution in [1.82, 2.24) is 0 Å². The fourth-order valence-corrected chi connectivity index (χ4v) is 4.08. The van der Waals surface area contributed by atoms with E-state index in [0.717, 1.165) is 39.0 Å². The van der Waals surface area contributed by atoms with Crippen molar-refractivity contribution in [1.29, 1.82) is 0 Å². The van der Waals surface area contributed by atoms with E-state index < -0.39 is 0 Å². The van der Waals surface area contributed by atoms with Gasteiger partial charge in [0, 0.05) is 5.88 Å². The summed E-state index contributed by atoms with van der Waals surface area (Å²) in [4.78, 5) is 0.